The molecule has 146 valence electrons. The van der Waals surface area contributed by atoms with Crippen LogP contribution in [-0.4, -0.2) is 29.9 Å². The van der Waals surface area contributed by atoms with Gasteiger partial charge in [-0.25, -0.2) is 9.69 Å². The number of aryl methyl sites for hydroxylation is 1. The summed E-state index contributed by atoms with van der Waals surface area (Å²) >= 11 is 0. The first-order valence-corrected chi connectivity index (χ1v) is 9.39. The van der Waals surface area contributed by atoms with Crippen LogP contribution in [0.1, 0.15) is 31.2 Å². The molecule has 2 aliphatic rings. The number of nitrogens with zero attached hydrogens (tertiary/aromatic N) is 1. The number of imide groups is 1. The molecule has 1 aromatic carbocycles. The Morgan fingerprint density at radius 3 is 2.54 bits per heavy atom. The standard InChI is InChI=1S/C21H22N2O5/c1-4-27-20(26)21(3)16-15(17(22-21)14-6-5-11-28-14)18(24)23(19(16)25)13-9-7-12(2)8-10-13/h5-11,15-17,22H,4H2,1-3H3/p+1/t15-,16-,17-,21+/m0/s1. The molecule has 2 fully saturated rings. The van der Waals surface area contributed by atoms with E-state index in [-0.39, 0.29) is 18.4 Å². The van der Waals surface area contributed by atoms with Gasteiger partial charge in [-0.05, 0) is 38.1 Å². The Morgan fingerprint density at radius 2 is 1.93 bits per heavy atom. The number of fused-ring (bicyclic) bond motifs is 1. The van der Waals surface area contributed by atoms with Crippen molar-refractivity contribution in [1.82, 2.24) is 0 Å². The van der Waals surface area contributed by atoms with Crippen molar-refractivity contribution in [1.29, 1.82) is 0 Å². The minimum atomic E-state index is -1.20. The van der Waals surface area contributed by atoms with Gasteiger partial charge >= 0.3 is 5.97 Å². The summed E-state index contributed by atoms with van der Waals surface area (Å²) in [5, 5.41) is 1.75. The van der Waals surface area contributed by atoms with Crippen molar-refractivity contribution in [3.05, 3.63) is 54.0 Å². The number of esters is 1. The van der Waals surface area contributed by atoms with Gasteiger partial charge in [0, 0.05) is 6.92 Å². The first-order valence-electron chi connectivity index (χ1n) is 9.39. The third-order valence-electron chi connectivity index (χ3n) is 5.79. The molecule has 7 heteroatoms. The van der Waals surface area contributed by atoms with Crippen LogP contribution in [0, 0.1) is 18.8 Å². The number of carbonyl (C=O) groups is 3. The number of rotatable bonds is 4. The molecule has 0 unspecified atom stereocenters. The normalized spacial score (nSPS) is 29.2. The van der Waals surface area contributed by atoms with E-state index >= 15 is 0 Å². The van der Waals surface area contributed by atoms with Crippen molar-refractivity contribution < 1.29 is 28.9 Å². The SMILES string of the molecule is CCOC(=O)[C@]1(C)[NH2+][C@@H](c2ccco2)[C@H]2C(=O)N(c3ccc(C)cc3)C(=O)[C@H]21. The number of hydrogen-bond acceptors (Lipinski definition) is 5. The molecule has 0 bridgehead atoms. The van der Waals surface area contributed by atoms with Crippen molar-refractivity contribution in [2.75, 3.05) is 11.5 Å². The number of quaternary nitrogens is 1. The summed E-state index contributed by atoms with van der Waals surface area (Å²) in [6.45, 7) is 5.54. The second-order valence-electron chi connectivity index (χ2n) is 7.56. The number of benzene rings is 1. The number of furan rings is 1. The van der Waals surface area contributed by atoms with Gasteiger partial charge in [-0.3, -0.25) is 9.59 Å². The van der Waals surface area contributed by atoms with Gasteiger partial charge < -0.3 is 14.5 Å². The number of nitrogens with two attached hydrogens (primary N) is 1. The molecular weight excluding hydrogens is 360 g/mol. The molecule has 3 heterocycles. The van der Waals surface area contributed by atoms with Crippen LogP contribution in [0.4, 0.5) is 5.69 Å². The smallest absolute Gasteiger partial charge is 0.368 e. The Labute approximate surface area is 162 Å². The maximum atomic E-state index is 13.4. The molecule has 0 aliphatic carbocycles. The van der Waals surface area contributed by atoms with Gasteiger partial charge in [0.1, 0.15) is 11.8 Å². The second-order valence-corrected chi connectivity index (χ2v) is 7.56. The highest BCUT2D eigenvalue weighted by atomic mass is 16.5. The molecule has 2 amide bonds. The van der Waals surface area contributed by atoms with E-state index in [9.17, 15) is 14.4 Å². The van der Waals surface area contributed by atoms with Crippen LogP contribution < -0.4 is 10.2 Å². The highest BCUT2D eigenvalue weighted by Gasteiger charge is 2.71. The zero-order valence-electron chi connectivity index (χ0n) is 16.0. The summed E-state index contributed by atoms with van der Waals surface area (Å²) in [4.78, 5) is 40.7. The van der Waals surface area contributed by atoms with Crippen molar-refractivity contribution in [2.24, 2.45) is 11.8 Å². The van der Waals surface area contributed by atoms with Gasteiger partial charge in [0.25, 0.3) is 0 Å². The maximum absolute atomic E-state index is 13.4. The van der Waals surface area contributed by atoms with Crippen LogP contribution in [0.15, 0.2) is 47.1 Å². The van der Waals surface area contributed by atoms with Gasteiger partial charge in [-0.15, -0.1) is 0 Å². The summed E-state index contributed by atoms with van der Waals surface area (Å²) < 4.78 is 10.8. The average molecular weight is 383 g/mol. The largest absolute Gasteiger partial charge is 0.463 e. The van der Waals surface area contributed by atoms with Crippen molar-refractivity contribution in [3.8, 4) is 0 Å². The molecule has 2 N–H and O–H groups in total. The topological polar surface area (TPSA) is 93.4 Å². The van der Waals surface area contributed by atoms with Crippen LogP contribution in [0.2, 0.25) is 0 Å². The van der Waals surface area contributed by atoms with E-state index in [1.54, 1.807) is 43.4 Å². The monoisotopic (exact) mass is 383 g/mol. The van der Waals surface area contributed by atoms with Crippen molar-refractivity contribution >= 4 is 23.5 Å². The van der Waals surface area contributed by atoms with E-state index in [2.05, 4.69) is 0 Å². The van der Waals surface area contributed by atoms with E-state index in [4.69, 9.17) is 9.15 Å². The lowest BCUT2D eigenvalue weighted by atomic mass is 9.81. The molecule has 28 heavy (non-hydrogen) atoms. The van der Waals surface area contributed by atoms with Crippen molar-refractivity contribution in [3.63, 3.8) is 0 Å². The minimum absolute atomic E-state index is 0.203. The summed E-state index contributed by atoms with van der Waals surface area (Å²) in [7, 11) is 0. The number of carbonyl (C=O) groups excluding carboxylic acids is 3. The van der Waals surface area contributed by atoms with Gasteiger partial charge in [0.2, 0.25) is 17.4 Å². The lowest BCUT2D eigenvalue weighted by molar-refractivity contribution is -0.732. The van der Waals surface area contributed by atoms with E-state index in [1.807, 2.05) is 19.1 Å². The van der Waals surface area contributed by atoms with Gasteiger partial charge in [0.15, 0.2) is 11.8 Å². The number of ether oxygens (including phenoxy) is 1. The van der Waals surface area contributed by atoms with Crippen LogP contribution in [0.3, 0.4) is 0 Å². The van der Waals surface area contributed by atoms with E-state index in [1.165, 1.54) is 11.2 Å². The number of anilines is 1. The number of hydrogen-bond donors (Lipinski definition) is 1. The van der Waals surface area contributed by atoms with Gasteiger partial charge in [-0.2, -0.15) is 0 Å². The molecule has 2 aliphatic heterocycles. The fourth-order valence-corrected chi connectivity index (χ4v) is 4.43. The predicted octanol–water partition coefficient (Wildman–Crippen LogP) is 1.33. The van der Waals surface area contributed by atoms with Crippen LogP contribution in [-0.2, 0) is 19.1 Å². The van der Waals surface area contributed by atoms with Crippen LogP contribution in [0.25, 0.3) is 0 Å². The molecule has 4 rings (SSSR count). The Bertz CT molecular complexity index is 921. The van der Waals surface area contributed by atoms with Crippen LogP contribution in [0.5, 0.6) is 0 Å². The lowest BCUT2D eigenvalue weighted by Gasteiger charge is -2.25. The Kier molecular flexibility index (Phi) is 4.34. The Hall–Kier alpha value is -2.93. The molecule has 0 saturated carbocycles. The van der Waals surface area contributed by atoms with E-state index in [0.29, 0.717) is 11.4 Å². The molecule has 0 radical (unpaired) electrons. The molecular formula is C21H23N2O5+. The first-order chi connectivity index (χ1) is 13.4. The van der Waals surface area contributed by atoms with Crippen LogP contribution >= 0.6 is 0 Å². The molecule has 4 atom stereocenters. The summed E-state index contributed by atoms with van der Waals surface area (Å²) in [5.41, 5.74) is 0.338. The molecule has 7 nitrogen and oxygen atoms in total. The minimum Gasteiger partial charge on any atom is -0.463 e. The molecule has 1 aromatic heterocycles. The van der Waals surface area contributed by atoms with Gasteiger partial charge in [0.05, 0.1) is 18.6 Å². The summed E-state index contributed by atoms with van der Waals surface area (Å²) in [6.07, 6.45) is 1.52. The van der Waals surface area contributed by atoms with E-state index in [0.717, 1.165) is 5.56 Å². The third-order valence-corrected chi connectivity index (χ3v) is 5.79. The Morgan fingerprint density at radius 1 is 1.21 bits per heavy atom. The lowest BCUT2D eigenvalue weighted by Crippen LogP contribution is -2.97. The predicted molar refractivity (Wildman–Crippen MR) is 99.1 cm³/mol. The fourth-order valence-electron chi connectivity index (χ4n) is 4.43. The highest BCUT2D eigenvalue weighted by Crippen LogP contribution is 2.45. The molecule has 2 aromatic rings. The summed E-state index contributed by atoms with van der Waals surface area (Å²) in [5.74, 6) is -2.14. The fraction of sp³-hybridized carbons (Fsp3) is 0.381. The first kappa shape index (κ1) is 18.4. The second kappa shape index (κ2) is 6.60. The Balaban J connectivity index is 1.80. The molecule has 0 spiro atoms. The zero-order chi connectivity index (χ0) is 20.1. The highest BCUT2D eigenvalue weighted by molar-refractivity contribution is 6.23. The quantitative estimate of drug-likeness (QED) is 0.635. The zero-order valence-corrected chi connectivity index (χ0v) is 16.0. The van der Waals surface area contributed by atoms with Gasteiger partial charge in [-0.1, -0.05) is 17.7 Å². The van der Waals surface area contributed by atoms with Crippen molar-refractivity contribution in [2.45, 2.75) is 32.4 Å². The number of amides is 2. The molecule has 2 saturated heterocycles. The average Bonchev–Trinajstić information content (AvgIpc) is 3.35. The van der Waals surface area contributed by atoms with E-state index < -0.39 is 29.4 Å². The third kappa shape index (κ3) is 2.57. The summed E-state index contributed by atoms with van der Waals surface area (Å²) in [6, 6.07) is 10.2. The maximum Gasteiger partial charge on any atom is 0.368 e.